The van der Waals surface area contributed by atoms with E-state index in [1.54, 1.807) is 0 Å². The Bertz CT molecular complexity index is 78.4. The van der Waals surface area contributed by atoms with Crippen molar-refractivity contribution in [2.45, 2.75) is 13.3 Å². The maximum Gasteiger partial charge on any atom is 0.0502 e. The number of nitrogens with one attached hydrogen (secondary N) is 3. The van der Waals surface area contributed by atoms with E-state index in [4.69, 9.17) is 0 Å². The lowest BCUT2D eigenvalue weighted by atomic mass is 10.4. The fraction of sp³-hybridized carbons (Fsp3) is 1.00. The van der Waals surface area contributed by atoms with Crippen LogP contribution in [0.25, 0.3) is 0 Å². The Morgan fingerprint density at radius 2 is 1.75 bits per heavy atom. The lowest BCUT2D eigenvalue weighted by Crippen LogP contribution is -2.50. The van der Waals surface area contributed by atoms with Gasteiger partial charge in [0.05, 0.1) is 13.3 Å². The molecule has 0 aliphatic carbocycles. The minimum Gasteiger partial charge on any atom is -0.323 e. The number of hydrogen-bond acceptors (Lipinski definition) is 4. The van der Waals surface area contributed by atoms with Gasteiger partial charge >= 0.3 is 0 Å². The second kappa shape index (κ2) is 8.93. The van der Waals surface area contributed by atoms with Crippen LogP contribution in [0.3, 0.4) is 0 Å². The second-order valence-electron chi connectivity index (χ2n) is 2.89. The third kappa shape index (κ3) is 6.54. The van der Waals surface area contributed by atoms with Crippen molar-refractivity contribution >= 4 is 0 Å². The largest absolute Gasteiger partial charge is 0.323 e. The van der Waals surface area contributed by atoms with Gasteiger partial charge in [-0.2, -0.15) is 0 Å². The van der Waals surface area contributed by atoms with Gasteiger partial charge in [0.15, 0.2) is 0 Å². The Labute approximate surface area is 75.7 Å². The van der Waals surface area contributed by atoms with E-state index in [2.05, 4.69) is 27.8 Å². The van der Waals surface area contributed by atoms with E-state index in [0.29, 0.717) is 0 Å². The molecular weight excluding hydrogens is 152 g/mol. The van der Waals surface area contributed by atoms with E-state index in [-0.39, 0.29) is 0 Å². The van der Waals surface area contributed by atoms with Gasteiger partial charge in [-0.05, 0) is 20.5 Å². The van der Waals surface area contributed by atoms with Crippen molar-refractivity contribution in [1.82, 2.24) is 20.9 Å². The van der Waals surface area contributed by atoms with Crippen molar-refractivity contribution in [1.29, 1.82) is 0 Å². The fourth-order valence-electron chi connectivity index (χ4n) is 1.05. The summed E-state index contributed by atoms with van der Waals surface area (Å²) in [6.45, 7) is 6.44. The molecule has 0 atom stereocenters. The maximum atomic E-state index is 3.23. The van der Waals surface area contributed by atoms with Crippen LogP contribution >= 0.6 is 0 Å². The zero-order valence-electron chi connectivity index (χ0n) is 8.48. The van der Waals surface area contributed by atoms with Crippen LogP contribution in [0.5, 0.6) is 0 Å². The van der Waals surface area contributed by atoms with E-state index < -0.39 is 0 Å². The van der Waals surface area contributed by atoms with Gasteiger partial charge in [0.2, 0.25) is 0 Å². The highest BCUT2D eigenvalue weighted by Crippen LogP contribution is 1.88. The maximum absolute atomic E-state index is 3.23. The Kier molecular flexibility index (Phi) is 8.81. The van der Waals surface area contributed by atoms with E-state index >= 15 is 0 Å². The summed E-state index contributed by atoms with van der Waals surface area (Å²) in [7, 11) is 3.75. The van der Waals surface area contributed by atoms with E-state index in [1.165, 1.54) is 13.0 Å². The summed E-state index contributed by atoms with van der Waals surface area (Å²) in [5.41, 5.74) is 0. The molecule has 0 saturated carbocycles. The van der Waals surface area contributed by atoms with Gasteiger partial charge in [-0.1, -0.05) is 6.92 Å². The molecule has 74 valence electrons. The second-order valence-corrected chi connectivity index (χ2v) is 2.89. The summed E-state index contributed by atoms with van der Waals surface area (Å²) in [4.78, 5) is 2.35. The Balaban J connectivity index is 0.000000354. The molecule has 0 radical (unpaired) electrons. The first kappa shape index (κ1) is 11.8. The van der Waals surface area contributed by atoms with Crippen LogP contribution in [0.15, 0.2) is 0 Å². The molecule has 0 aromatic carbocycles. The summed E-state index contributed by atoms with van der Waals surface area (Å²) in [5, 5.41) is 9.22. The average molecular weight is 174 g/mol. The van der Waals surface area contributed by atoms with Gasteiger partial charge < -0.3 is 5.32 Å². The highest BCUT2D eigenvalue weighted by molar-refractivity contribution is 4.58. The van der Waals surface area contributed by atoms with Crippen molar-refractivity contribution in [2.24, 2.45) is 0 Å². The molecule has 12 heavy (non-hydrogen) atoms. The number of hydrogen-bond donors (Lipinski definition) is 3. The molecule has 3 N–H and O–H groups in total. The quantitative estimate of drug-likeness (QED) is 0.533. The van der Waals surface area contributed by atoms with Gasteiger partial charge in [0.25, 0.3) is 0 Å². The first-order valence-electron chi connectivity index (χ1n) is 4.57. The van der Waals surface area contributed by atoms with E-state index in [1.807, 2.05) is 14.1 Å². The van der Waals surface area contributed by atoms with Crippen molar-refractivity contribution in [3.8, 4) is 0 Å². The van der Waals surface area contributed by atoms with E-state index in [9.17, 15) is 0 Å². The standard InChI is InChI=1S/C6H15N3.C2H7N/c1-2-3-9-5-7-4-8-6-9;1-3-2/h7-8H,2-6H2,1H3;3H,1-2H3. The Morgan fingerprint density at radius 3 is 2.17 bits per heavy atom. The molecule has 0 aromatic rings. The molecule has 1 fully saturated rings. The van der Waals surface area contributed by atoms with Crippen LogP contribution in [0.4, 0.5) is 0 Å². The number of rotatable bonds is 2. The van der Waals surface area contributed by atoms with Crippen LogP contribution in [0.2, 0.25) is 0 Å². The SMILES string of the molecule is CCCN1CNCNC1.CNC. The molecule has 0 amide bonds. The van der Waals surface area contributed by atoms with Crippen LogP contribution in [0, 0.1) is 0 Å². The van der Waals surface area contributed by atoms with Gasteiger partial charge in [-0.15, -0.1) is 0 Å². The van der Waals surface area contributed by atoms with Crippen LogP contribution in [-0.2, 0) is 0 Å². The summed E-state index contributed by atoms with van der Waals surface area (Å²) in [5.74, 6) is 0. The molecule has 1 aliphatic rings. The van der Waals surface area contributed by atoms with Crippen LogP contribution in [-0.4, -0.2) is 45.5 Å². The summed E-state index contributed by atoms with van der Waals surface area (Å²) < 4.78 is 0. The van der Waals surface area contributed by atoms with Crippen molar-refractivity contribution in [3.63, 3.8) is 0 Å². The lowest BCUT2D eigenvalue weighted by Gasteiger charge is -2.27. The van der Waals surface area contributed by atoms with Crippen molar-refractivity contribution in [3.05, 3.63) is 0 Å². The molecule has 0 spiro atoms. The predicted octanol–water partition coefficient (Wildman–Crippen LogP) is -0.401. The zero-order valence-corrected chi connectivity index (χ0v) is 8.48. The number of nitrogens with zero attached hydrogens (tertiary/aromatic N) is 1. The summed E-state index contributed by atoms with van der Waals surface area (Å²) in [6, 6.07) is 0. The molecule has 0 aromatic heterocycles. The van der Waals surface area contributed by atoms with Crippen molar-refractivity contribution < 1.29 is 0 Å². The van der Waals surface area contributed by atoms with E-state index in [0.717, 1.165) is 20.0 Å². The lowest BCUT2D eigenvalue weighted by molar-refractivity contribution is 0.192. The van der Waals surface area contributed by atoms with Crippen LogP contribution < -0.4 is 16.0 Å². The molecule has 1 saturated heterocycles. The monoisotopic (exact) mass is 174 g/mol. The molecule has 1 aliphatic heterocycles. The minimum atomic E-state index is 0.959. The van der Waals surface area contributed by atoms with Gasteiger partial charge in [0, 0.05) is 13.2 Å². The molecule has 4 nitrogen and oxygen atoms in total. The third-order valence-electron chi connectivity index (χ3n) is 1.46. The highest BCUT2D eigenvalue weighted by Gasteiger charge is 2.05. The molecule has 0 bridgehead atoms. The summed E-state index contributed by atoms with van der Waals surface area (Å²) in [6.07, 6.45) is 1.24. The average Bonchev–Trinajstić information content (AvgIpc) is 2.08. The zero-order chi connectivity index (χ0) is 9.23. The topological polar surface area (TPSA) is 39.3 Å². The molecule has 4 heteroatoms. The normalized spacial score (nSPS) is 18.2. The first-order chi connectivity index (χ1) is 5.85. The predicted molar refractivity (Wildman–Crippen MR) is 52.9 cm³/mol. The van der Waals surface area contributed by atoms with Gasteiger partial charge in [-0.3, -0.25) is 15.5 Å². The first-order valence-corrected chi connectivity index (χ1v) is 4.57. The van der Waals surface area contributed by atoms with Crippen molar-refractivity contribution in [2.75, 3.05) is 40.6 Å². The minimum absolute atomic E-state index is 0.959. The van der Waals surface area contributed by atoms with Gasteiger partial charge in [0.1, 0.15) is 0 Å². The smallest absolute Gasteiger partial charge is 0.0502 e. The molecule has 1 rings (SSSR count). The Morgan fingerprint density at radius 1 is 1.25 bits per heavy atom. The molecular formula is C8H22N4. The third-order valence-corrected chi connectivity index (χ3v) is 1.46. The Hall–Kier alpha value is -0.160. The summed E-state index contributed by atoms with van der Waals surface area (Å²) >= 11 is 0. The molecule has 0 unspecified atom stereocenters. The highest BCUT2D eigenvalue weighted by atomic mass is 15.4. The van der Waals surface area contributed by atoms with Crippen LogP contribution in [0.1, 0.15) is 13.3 Å². The van der Waals surface area contributed by atoms with Gasteiger partial charge in [-0.25, -0.2) is 0 Å². The molecule has 1 heterocycles. The fourth-order valence-corrected chi connectivity index (χ4v) is 1.05.